The maximum atomic E-state index is 12.6. The van der Waals surface area contributed by atoms with E-state index >= 15 is 0 Å². The maximum absolute atomic E-state index is 12.6. The van der Waals surface area contributed by atoms with Crippen LogP contribution in [-0.2, 0) is 10.0 Å². The van der Waals surface area contributed by atoms with Gasteiger partial charge in [-0.2, -0.15) is 4.31 Å². The van der Waals surface area contributed by atoms with E-state index in [0.29, 0.717) is 19.6 Å². The number of aromatic nitrogens is 3. The summed E-state index contributed by atoms with van der Waals surface area (Å²) in [5, 5.41) is 0. The first-order chi connectivity index (χ1) is 10.1. The van der Waals surface area contributed by atoms with E-state index in [9.17, 15) is 8.42 Å². The maximum Gasteiger partial charge on any atom is 0.244 e. The first kappa shape index (κ1) is 14.2. The van der Waals surface area contributed by atoms with Crippen molar-refractivity contribution in [1.82, 2.24) is 24.2 Å². The zero-order chi connectivity index (χ0) is 14.9. The number of rotatable bonds is 3. The molecule has 1 aliphatic heterocycles. The average molecular weight is 307 g/mol. The van der Waals surface area contributed by atoms with Gasteiger partial charge in [0.15, 0.2) is 0 Å². The Labute approximate surface area is 123 Å². The summed E-state index contributed by atoms with van der Waals surface area (Å²) in [6, 6.07) is 3.13. The van der Waals surface area contributed by atoms with Crippen LogP contribution in [0.25, 0.3) is 0 Å². The van der Waals surface area contributed by atoms with Crippen LogP contribution in [0.4, 0.5) is 0 Å². The topological polar surface area (TPSA) is 82.2 Å². The summed E-state index contributed by atoms with van der Waals surface area (Å²) in [5.74, 6) is 0.781. The van der Waals surface area contributed by atoms with E-state index in [1.807, 2.05) is 7.05 Å². The van der Waals surface area contributed by atoms with Crippen LogP contribution in [0.3, 0.4) is 0 Å². The highest BCUT2D eigenvalue weighted by Crippen LogP contribution is 2.25. The molecule has 0 radical (unpaired) electrons. The molecule has 3 rings (SSSR count). The van der Waals surface area contributed by atoms with Gasteiger partial charge in [-0.1, -0.05) is 0 Å². The van der Waals surface area contributed by atoms with Crippen LogP contribution in [0.2, 0.25) is 0 Å². The largest absolute Gasteiger partial charge is 0.347 e. The van der Waals surface area contributed by atoms with Crippen molar-refractivity contribution in [3.8, 4) is 0 Å². The molecule has 2 aromatic heterocycles. The van der Waals surface area contributed by atoms with Gasteiger partial charge in [-0.25, -0.2) is 13.4 Å². The van der Waals surface area contributed by atoms with Crippen molar-refractivity contribution in [3.05, 3.63) is 42.7 Å². The average Bonchev–Trinajstić information content (AvgIpc) is 3.02. The predicted octanol–water partition coefficient (Wildman–Crippen LogP) is 0.482. The molecule has 1 N–H and O–H groups in total. The molecule has 0 aliphatic carbocycles. The molecular formula is C13H17N5O2S. The lowest BCUT2D eigenvalue weighted by Crippen LogP contribution is -2.49. The fraction of sp³-hybridized carbons (Fsp3) is 0.385. The number of piperazine rings is 1. The molecule has 1 aliphatic rings. The third-order valence-electron chi connectivity index (χ3n) is 3.72. The minimum atomic E-state index is -3.51. The van der Waals surface area contributed by atoms with Crippen LogP contribution < -0.4 is 0 Å². The molecule has 1 atom stereocenters. The summed E-state index contributed by atoms with van der Waals surface area (Å²) < 4.78 is 26.8. The summed E-state index contributed by atoms with van der Waals surface area (Å²) in [5.41, 5.74) is 0. The number of imidazole rings is 1. The molecule has 3 heterocycles. The highest BCUT2D eigenvalue weighted by Gasteiger charge is 2.34. The lowest BCUT2D eigenvalue weighted by Gasteiger charge is -2.37. The highest BCUT2D eigenvalue weighted by molar-refractivity contribution is 7.89. The molecule has 0 saturated carbocycles. The molecule has 7 nitrogen and oxygen atoms in total. The van der Waals surface area contributed by atoms with E-state index in [0.717, 1.165) is 5.82 Å². The smallest absolute Gasteiger partial charge is 0.244 e. The van der Waals surface area contributed by atoms with Crippen molar-refractivity contribution in [3.63, 3.8) is 0 Å². The summed E-state index contributed by atoms with van der Waals surface area (Å²) in [7, 11) is -1.53. The van der Waals surface area contributed by atoms with Crippen molar-refractivity contribution in [2.75, 3.05) is 26.7 Å². The molecule has 1 unspecified atom stereocenters. The van der Waals surface area contributed by atoms with E-state index in [2.05, 4.69) is 19.9 Å². The van der Waals surface area contributed by atoms with Crippen molar-refractivity contribution in [2.24, 2.45) is 0 Å². The van der Waals surface area contributed by atoms with Gasteiger partial charge in [-0.05, 0) is 19.2 Å². The lowest BCUT2D eigenvalue weighted by atomic mass is 10.2. The Kier molecular flexibility index (Phi) is 3.75. The van der Waals surface area contributed by atoms with Crippen LogP contribution in [-0.4, -0.2) is 59.3 Å². The molecule has 0 aromatic carbocycles. The standard InChI is InChI=1S/C13H17N5O2S/c1-17-7-8-18(10-12(17)13-15-5-6-16-13)21(19,20)11-3-2-4-14-9-11/h2-6,9,12H,7-8,10H2,1H3,(H,15,16). The van der Waals surface area contributed by atoms with Gasteiger partial charge in [0.2, 0.25) is 10.0 Å². The van der Waals surface area contributed by atoms with Gasteiger partial charge in [0.05, 0.1) is 6.04 Å². The minimum Gasteiger partial charge on any atom is -0.347 e. The van der Waals surface area contributed by atoms with Crippen LogP contribution in [0.1, 0.15) is 11.9 Å². The molecule has 1 fully saturated rings. The Balaban J connectivity index is 1.87. The summed E-state index contributed by atoms with van der Waals surface area (Å²) in [6.45, 7) is 1.50. The SMILES string of the molecule is CN1CCN(S(=O)(=O)c2cccnc2)CC1c1ncc[nH]1. The minimum absolute atomic E-state index is 0.0693. The number of sulfonamides is 1. The van der Waals surface area contributed by atoms with Crippen LogP contribution in [0.15, 0.2) is 41.8 Å². The van der Waals surface area contributed by atoms with Gasteiger partial charge in [-0.3, -0.25) is 9.88 Å². The second-order valence-corrected chi connectivity index (χ2v) is 6.96. The number of hydrogen-bond donors (Lipinski definition) is 1. The van der Waals surface area contributed by atoms with Crippen LogP contribution >= 0.6 is 0 Å². The molecule has 0 amide bonds. The van der Waals surface area contributed by atoms with E-state index in [-0.39, 0.29) is 10.9 Å². The fourth-order valence-electron chi connectivity index (χ4n) is 2.47. The van der Waals surface area contributed by atoms with Gasteiger partial charge in [0.1, 0.15) is 10.7 Å². The molecule has 112 valence electrons. The number of hydrogen-bond acceptors (Lipinski definition) is 5. The third kappa shape index (κ3) is 2.69. The normalized spacial score (nSPS) is 21.5. The molecular weight excluding hydrogens is 290 g/mol. The van der Waals surface area contributed by atoms with Gasteiger partial charge >= 0.3 is 0 Å². The van der Waals surface area contributed by atoms with E-state index in [1.54, 1.807) is 30.7 Å². The number of pyridine rings is 1. The molecule has 0 bridgehead atoms. The Morgan fingerprint density at radius 1 is 1.33 bits per heavy atom. The van der Waals surface area contributed by atoms with Crippen LogP contribution in [0.5, 0.6) is 0 Å². The van der Waals surface area contributed by atoms with Crippen LogP contribution in [0, 0.1) is 0 Å². The zero-order valence-electron chi connectivity index (χ0n) is 11.7. The number of H-pyrrole nitrogens is 1. The molecule has 1 saturated heterocycles. The van der Waals surface area contributed by atoms with Gasteiger partial charge in [-0.15, -0.1) is 0 Å². The Bertz CT molecular complexity index is 687. The second-order valence-electron chi connectivity index (χ2n) is 5.02. The summed E-state index contributed by atoms with van der Waals surface area (Å²) in [6.07, 6.45) is 6.37. The fourth-order valence-corrected chi connectivity index (χ4v) is 3.87. The zero-order valence-corrected chi connectivity index (χ0v) is 12.5. The third-order valence-corrected chi connectivity index (χ3v) is 5.57. The molecule has 21 heavy (non-hydrogen) atoms. The summed E-state index contributed by atoms with van der Waals surface area (Å²) in [4.78, 5) is 13.5. The van der Waals surface area contributed by atoms with E-state index < -0.39 is 10.0 Å². The van der Waals surface area contributed by atoms with E-state index in [4.69, 9.17) is 0 Å². The summed E-state index contributed by atoms with van der Waals surface area (Å²) >= 11 is 0. The Morgan fingerprint density at radius 3 is 2.86 bits per heavy atom. The van der Waals surface area contributed by atoms with Crippen molar-refractivity contribution >= 4 is 10.0 Å². The predicted molar refractivity (Wildman–Crippen MR) is 77.0 cm³/mol. The van der Waals surface area contributed by atoms with Crippen molar-refractivity contribution in [2.45, 2.75) is 10.9 Å². The van der Waals surface area contributed by atoms with Gasteiger partial charge in [0, 0.05) is 44.4 Å². The van der Waals surface area contributed by atoms with E-state index in [1.165, 1.54) is 10.5 Å². The number of nitrogens with zero attached hydrogens (tertiary/aromatic N) is 4. The quantitative estimate of drug-likeness (QED) is 0.892. The Morgan fingerprint density at radius 2 is 2.19 bits per heavy atom. The molecule has 0 spiro atoms. The highest BCUT2D eigenvalue weighted by atomic mass is 32.2. The van der Waals surface area contributed by atoms with Crippen molar-refractivity contribution in [1.29, 1.82) is 0 Å². The van der Waals surface area contributed by atoms with Gasteiger partial charge in [0.25, 0.3) is 0 Å². The van der Waals surface area contributed by atoms with Gasteiger partial charge < -0.3 is 4.98 Å². The first-order valence-electron chi connectivity index (χ1n) is 6.69. The molecule has 2 aromatic rings. The number of likely N-dealkylation sites (N-methyl/N-ethyl adjacent to an activating group) is 1. The first-order valence-corrected chi connectivity index (χ1v) is 8.13. The molecule has 8 heteroatoms. The number of aromatic amines is 1. The second kappa shape index (κ2) is 5.55. The number of nitrogens with one attached hydrogen (secondary N) is 1. The monoisotopic (exact) mass is 307 g/mol. The Hall–Kier alpha value is -1.77. The van der Waals surface area contributed by atoms with Crippen molar-refractivity contribution < 1.29 is 8.42 Å². The lowest BCUT2D eigenvalue weighted by molar-refractivity contribution is 0.142.